The van der Waals surface area contributed by atoms with Crippen molar-refractivity contribution in [2.75, 3.05) is 0 Å². The van der Waals surface area contributed by atoms with E-state index in [2.05, 4.69) is 72.8 Å². The topological polar surface area (TPSA) is 52.1 Å². The third-order valence-electron chi connectivity index (χ3n) is 8.30. The average molecular weight is 565 g/mol. The highest BCUT2D eigenvalue weighted by atomic mass is 16.3. The van der Waals surface area contributed by atoms with E-state index in [4.69, 9.17) is 18.8 Å². The zero-order valence-corrected chi connectivity index (χ0v) is 23.6. The molecule has 0 radical (unpaired) electrons. The molecule has 4 nitrogen and oxygen atoms in total. The molecule has 0 unspecified atom stereocenters. The Kier molecular flexibility index (Phi) is 5.47. The van der Waals surface area contributed by atoms with E-state index in [9.17, 15) is 0 Å². The Morgan fingerprint density at radius 1 is 0.318 bits per heavy atom. The summed E-state index contributed by atoms with van der Waals surface area (Å²) in [6.45, 7) is 0. The molecule has 4 heteroatoms. The normalized spacial score (nSPS) is 11.6. The number of fused-ring (bicyclic) bond motifs is 6. The largest absolute Gasteiger partial charge is 0.456 e. The summed E-state index contributed by atoms with van der Waals surface area (Å²) < 4.78 is 12.5. The molecule has 3 aromatic heterocycles. The van der Waals surface area contributed by atoms with E-state index >= 15 is 0 Å². The highest BCUT2D eigenvalue weighted by Crippen LogP contribution is 2.37. The van der Waals surface area contributed by atoms with Crippen LogP contribution in [0.2, 0.25) is 0 Å². The Morgan fingerprint density at radius 2 is 0.841 bits per heavy atom. The molecule has 0 spiro atoms. The molecule has 6 aromatic carbocycles. The molecule has 0 aliphatic carbocycles. The maximum absolute atomic E-state index is 6.28. The summed E-state index contributed by atoms with van der Waals surface area (Å²) in [6.07, 6.45) is 0. The molecule has 0 bridgehead atoms. The fraction of sp³-hybridized carbons (Fsp3) is 0. The Labute approximate surface area is 252 Å². The molecule has 0 fully saturated rings. The summed E-state index contributed by atoms with van der Waals surface area (Å²) in [5, 5.41) is 4.36. The molecule has 0 aliphatic heterocycles. The van der Waals surface area contributed by atoms with Crippen LogP contribution in [0, 0.1) is 0 Å². The highest BCUT2D eigenvalue weighted by molar-refractivity contribution is 6.09. The van der Waals surface area contributed by atoms with Crippen LogP contribution >= 0.6 is 0 Å². The molecule has 0 saturated heterocycles. The first-order valence-corrected chi connectivity index (χ1v) is 14.7. The first-order chi connectivity index (χ1) is 21.8. The van der Waals surface area contributed by atoms with Crippen molar-refractivity contribution in [3.63, 3.8) is 0 Å². The van der Waals surface area contributed by atoms with E-state index in [1.165, 1.54) is 0 Å². The van der Waals surface area contributed by atoms with Crippen LogP contribution in [0.1, 0.15) is 0 Å². The average Bonchev–Trinajstić information content (AvgIpc) is 3.66. The number of hydrogen-bond acceptors (Lipinski definition) is 4. The molecule has 0 atom stereocenters. The van der Waals surface area contributed by atoms with Crippen LogP contribution < -0.4 is 0 Å². The summed E-state index contributed by atoms with van der Waals surface area (Å²) >= 11 is 0. The minimum Gasteiger partial charge on any atom is -0.456 e. The van der Waals surface area contributed by atoms with Crippen LogP contribution in [0.25, 0.3) is 88.9 Å². The van der Waals surface area contributed by atoms with Gasteiger partial charge in [0.25, 0.3) is 0 Å². The lowest BCUT2D eigenvalue weighted by Crippen LogP contribution is -1.95. The number of aromatic nitrogens is 2. The molecule has 0 aliphatic rings. The summed E-state index contributed by atoms with van der Waals surface area (Å²) in [4.78, 5) is 9.98. The number of hydrogen-bond donors (Lipinski definition) is 0. The van der Waals surface area contributed by atoms with E-state index in [-0.39, 0.29) is 0 Å². The van der Waals surface area contributed by atoms with Gasteiger partial charge in [-0.05, 0) is 65.7 Å². The zero-order valence-electron chi connectivity index (χ0n) is 23.6. The molecule has 44 heavy (non-hydrogen) atoms. The first-order valence-electron chi connectivity index (χ1n) is 14.7. The van der Waals surface area contributed by atoms with Crippen molar-refractivity contribution in [3.05, 3.63) is 146 Å². The number of furan rings is 2. The number of benzene rings is 6. The van der Waals surface area contributed by atoms with Crippen LogP contribution in [-0.4, -0.2) is 9.97 Å². The molecule has 9 rings (SSSR count). The van der Waals surface area contributed by atoms with Crippen molar-refractivity contribution in [2.24, 2.45) is 0 Å². The van der Waals surface area contributed by atoms with Crippen LogP contribution in [0.15, 0.2) is 154 Å². The predicted octanol–water partition coefficient (Wildman–Crippen LogP) is 10.9. The second-order valence-electron chi connectivity index (χ2n) is 11.0. The maximum atomic E-state index is 6.28. The molecular formula is C40H24N2O2. The number of nitrogens with zero attached hydrogens (tertiary/aromatic N) is 2. The van der Waals surface area contributed by atoms with Gasteiger partial charge in [0.1, 0.15) is 22.3 Å². The van der Waals surface area contributed by atoms with Gasteiger partial charge >= 0.3 is 0 Å². The van der Waals surface area contributed by atoms with Gasteiger partial charge in [0.15, 0.2) is 5.82 Å². The maximum Gasteiger partial charge on any atom is 0.160 e. The Balaban J connectivity index is 1.18. The van der Waals surface area contributed by atoms with E-state index in [1.807, 2.05) is 72.8 Å². The quantitative estimate of drug-likeness (QED) is 0.213. The first kappa shape index (κ1) is 24.6. The zero-order chi connectivity index (χ0) is 29.0. The fourth-order valence-electron chi connectivity index (χ4n) is 6.09. The highest BCUT2D eigenvalue weighted by Gasteiger charge is 2.15. The minimum atomic E-state index is 0.697. The lowest BCUT2D eigenvalue weighted by molar-refractivity contribution is 0.669. The van der Waals surface area contributed by atoms with Crippen molar-refractivity contribution in [1.82, 2.24) is 9.97 Å². The lowest BCUT2D eigenvalue weighted by Gasteiger charge is -2.09. The molecular weight excluding hydrogens is 540 g/mol. The van der Waals surface area contributed by atoms with Crippen LogP contribution in [0.5, 0.6) is 0 Å². The number of para-hydroxylation sites is 1. The lowest BCUT2D eigenvalue weighted by atomic mass is 10.00. The van der Waals surface area contributed by atoms with E-state index in [1.54, 1.807) is 0 Å². The molecule has 9 aromatic rings. The summed E-state index contributed by atoms with van der Waals surface area (Å²) in [5.74, 6) is 0.697. The van der Waals surface area contributed by atoms with Crippen LogP contribution in [0.3, 0.4) is 0 Å². The Hall–Kier alpha value is -6.00. The fourth-order valence-corrected chi connectivity index (χ4v) is 6.09. The van der Waals surface area contributed by atoms with E-state index in [0.29, 0.717) is 5.82 Å². The molecule has 3 heterocycles. The minimum absolute atomic E-state index is 0.697. The van der Waals surface area contributed by atoms with Gasteiger partial charge in [0.05, 0.1) is 11.4 Å². The second kappa shape index (κ2) is 9.79. The van der Waals surface area contributed by atoms with Gasteiger partial charge in [-0.3, -0.25) is 0 Å². The summed E-state index contributed by atoms with van der Waals surface area (Å²) in [7, 11) is 0. The molecule has 0 saturated carbocycles. The van der Waals surface area contributed by atoms with E-state index in [0.717, 1.165) is 83.1 Å². The summed E-state index contributed by atoms with van der Waals surface area (Å²) in [5.41, 5.74) is 10.5. The van der Waals surface area contributed by atoms with Crippen molar-refractivity contribution < 1.29 is 8.83 Å². The summed E-state index contributed by atoms with van der Waals surface area (Å²) in [6, 6.07) is 49.7. The molecule has 0 N–H and O–H groups in total. The van der Waals surface area contributed by atoms with Gasteiger partial charge in [0.2, 0.25) is 0 Å². The van der Waals surface area contributed by atoms with Crippen molar-refractivity contribution in [2.45, 2.75) is 0 Å². The molecule has 206 valence electrons. The van der Waals surface area contributed by atoms with Gasteiger partial charge in [-0.15, -0.1) is 0 Å². The van der Waals surface area contributed by atoms with Gasteiger partial charge in [-0.2, -0.15) is 0 Å². The SMILES string of the molecule is c1ccc(-c2cc(-c3ccc4oc5ccc(-c6ccc7c(c6)oc6ccccc67)cc5c4c3)nc(-c3ccccc3)n2)cc1. The predicted molar refractivity (Wildman–Crippen MR) is 178 cm³/mol. The Bertz CT molecular complexity index is 2430. The standard InChI is InChI=1S/C40H24N2O2/c1-3-9-25(10-4-1)34-24-35(42-40(41-34)26-11-5-2-6-12-26)29-17-20-38-33(22-29)32-21-27(16-19-37(32)43-38)28-15-18-31-30-13-7-8-14-36(30)44-39(31)23-28/h1-24H. The van der Waals surface area contributed by atoms with E-state index < -0.39 is 0 Å². The van der Waals surface area contributed by atoms with Crippen molar-refractivity contribution >= 4 is 43.9 Å². The third-order valence-corrected chi connectivity index (χ3v) is 8.30. The molecule has 0 amide bonds. The monoisotopic (exact) mass is 564 g/mol. The van der Waals surface area contributed by atoms with Crippen molar-refractivity contribution in [3.8, 4) is 45.0 Å². The van der Waals surface area contributed by atoms with Crippen LogP contribution in [0.4, 0.5) is 0 Å². The van der Waals surface area contributed by atoms with Gasteiger partial charge in [-0.25, -0.2) is 9.97 Å². The van der Waals surface area contributed by atoms with Crippen LogP contribution in [-0.2, 0) is 0 Å². The second-order valence-corrected chi connectivity index (χ2v) is 11.0. The van der Waals surface area contributed by atoms with Gasteiger partial charge in [0, 0.05) is 38.2 Å². The van der Waals surface area contributed by atoms with Gasteiger partial charge in [-0.1, -0.05) is 91.0 Å². The van der Waals surface area contributed by atoms with Crippen molar-refractivity contribution in [1.29, 1.82) is 0 Å². The third kappa shape index (κ3) is 4.08. The smallest absolute Gasteiger partial charge is 0.160 e. The number of rotatable bonds is 4. The Morgan fingerprint density at radius 3 is 1.61 bits per heavy atom. The van der Waals surface area contributed by atoms with Gasteiger partial charge < -0.3 is 8.83 Å².